The van der Waals surface area contributed by atoms with E-state index in [9.17, 15) is 14.9 Å². The van der Waals surface area contributed by atoms with Crippen molar-refractivity contribution in [1.82, 2.24) is 10.2 Å². The van der Waals surface area contributed by atoms with Crippen molar-refractivity contribution in [3.63, 3.8) is 0 Å². The first-order valence-corrected chi connectivity index (χ1v) is 7.56. The third-order valence-electron chi connectivity index (χ3n) is 3.70. The molecule has 2 rings (SSSR count). The van der Waals surface area contributed by atoms with Gasteiger partial charge in [0.1, 0.15) is 0 Å². The summed E-state index contributed by atoms with van der Waals surface area (Å²) in [4.78, 5) is 24.1. The van der Waals surface area contributed by atoms with E-state index < -0.39 is 4.92 Å². The number of amides is 1. The van der Waals surface area contributed by atoms with E-state index in [0.29, 0.717) is 19.0 Å². The van der Waals surface area contributed by atoms with Crippen molar-refractivity contribution in [3.05, 3.63) is 34.4 Å². The number of rotatable bonds is 6. The molecule has 1 atom stereocenters. The van der Waals surface area contributed by atoms with Gasteiger partial charge in [0.25, 0.3) is 5.69 Å². The van der Waals surface area contributed by atoms with Crippen LogP contribution in [0.25, 0.3) is 0 Å². The number of non-ortho nitro benzene ring substituents is 1. The molecule has 0 aliphatic carbocycles. The Balaban J connectivity index is 0.00000264. The molecule has 1 saturated heterocycles. The lowest BCUT2D eigenvalue weighted by atomic mass is 10.2. The summed E-state index contributed by atoms with van der Waals surface area (Å²) in [5.41, 5.74) is 0.905. The zero-order valence-electron chi connectivity index (χ0n) is 13.2. The molecule has 1 aliphatic rings. The number of benzene rings is 1. The second kappa shape index (κ2) is 9.32. The van der Waals surface area contributed by atoms with Gasteiger partial charge in [0.15, 0.2) is 0 Å². The van der Waals surface area contributed by atoms with Crippen LogP contribution in [0.5, 0.6) is 0 Å². The van der Waals surface area contributed by atoms with Gasteiger partial charge >= 0.3 is 0 Å². The van der Waals surface area contributed by atoms with Crippen LogP contribution in [0.3, 0.4) is 0 Å². The van der Waals surface area contributed by atoms with Gasteiger partial charge in [-0.2, -0.15) is 0 Å². The first-order chi connectivity index (χ1) is 10.6. The molecule has 1 aliphatic heterocycles. The summed E-state index contributed by atoms with van der Waals surface area (Å²) in [6.45, 7) is 5.16. The van der Waals surface area contributed by atoms with Crippen molar-refractivity contribution in [2.75, 3.05) is 31.5 Å². The van der Waals surface area contributed by atoms with Crippen molar-refractivity contribution in [2.24, 2.45) is 0 Å². The van der Waals surface area contributed by atoms with Gasteiger partial charge in [0.05, 0.1) is 4.92 Å². The lowest BCUT2D eigenvalue weighted by molar-refractivity contribution is -0.384. The monoisotopic (exact) mass is 342 g/mol. The lowest BCUT2D eigenvalue weighted by Gasteiger charge is -2.32. The Labute approximate surface area is 142 Å². The van der Waals surface area contributed by atoms with E-state index in [-0.39, 0.29) is 24.0 Å². The highest BCUT2D eigenvalue weighted by atomic mass is 35.5. The molecular weight excluding hydrogens is 320 g/mol. The van der Waals surface area contributed by atoms with Crippen LogP contribution in [0.2, 0.25) is 0 Å². The molecule has 0 spiro atoms. The predicted molar refractivity (Wildman–Crippen MR) is 92.1 cm³/mol. The molecule has 2 N–H and O–H groups in total. The number of nitrogens with one attached hydrogen (secondary N) is 2. The number of nitro benzene ring substituents is 1. The molecule has 1 unspecified atom stereocenters. The number of halogens is 1. The van der Waals surface area contributed by atoms with Crippen LogP contribution in [0.1, 0.15) is 19.8 Å². The number of hydrogen-bond acceptors (Lipinski definition) is 5. The summed E-state index contributed by atoms with van der Waals surface area (Å²) in [7, 11) is 0. The largest absolute Gasteiger partial charge is 0.385 e. The highest BCUT2D eigenvalue weighted by molar-refractivity contribution is 5.85. The van der Waals surface area contributed by atoms with Crippen LogP contribution < -0.4 is 10.6 Å². The van der Waals surface area contributed by atoms with Gasteiger partial charge in [-0.15, -0.1) is 12.4 Å². The third kappa shape index (κ3) is 6.03. The summed E-state index contributed by atoms with van der Waals surface area (Å²) in [6.07, 6.45) is 1.26. The van der Waals surface area contributed by atoms with Gasteiger partial charge in [-0.1, -0.05) is 0 Å². The van der Waals surface area contributed by atoms with Crippen molar-refractivity contribution in [2.45, 2.75) is 25.8 Å². The number of nitro groups is 1. The molecule has 0 bridgehead atoms. The molecule has 1 amide bonds. The first kappa shape index (κ1) is 19.2. The quantitative estimate of drug-likeness (QED) is 0.469. The van der Waals surface area contributed by atoms with Crippen LogP contribution in [0, 0.1) is 10.1 Å². The zero-order chi connectivity index (χ0) is 15.9. The normalized spacial score (nSPS) is 17.3. The highest BCUT2D eigenvalue weighted by Gasteiger charge is 2.19. The van der Waals surface area contributed by atoms with Crippen LogP contribution in [-0.4, -0.2) is 48.0 Å². The fourth-order valence-electron chi connectivity index (χ4n) is 2.49. The van der Waals surface area contributed by atoms with E-state index in [1.165, 1.54) is 12.1 Å². The average molecular weight is 343 g/mol. The first-order valence-electron chi connectivity index (χ1n) is 7.56. The van der Waals surface area contributed by atoms with E-state index in [2.05, 4.69) is 17.6 Å². The van der Waals surface area contributed by atoms with E-state index in [4.69, 9.17) is 0 Å². The van der Waals surface area contributed by atoms with E-state index >= 15 is 0 Å². The zero-order valence-corrected chi connectivity index (χ0v) is 14.0. The Hall–Kier alpha value is -1.86. The molecule has 1 fully saturated rings. The van der Waals surface area contributed by atoms with Gasteiger partial charge in [0.2, 0.25) is 5.91 Å². The standard InChI is InChI=1S/C15H22N4O3.ClH/c1-12-11-18(10-9-16-12)15(20)3-2-8-17-13-4-6-14(7-5-13)19(21)22;/h4-7,12,16-17H,2-3,8-11H2,1H3;1H. The molecule has 128 valence electrons. The lowest BCUT2D eigenvalue weighted by Crippen LogP contribution is -2.51. The molecule has 1 aromatic rings. The van der Waals surface area contributed by atoms with E-state index in [1.807, 2.05) is 4.90 Å². The van der Waals surface area contributed by atoms with Crippen LogP contribution in [0.4, 0.5) is 11.4 Å². The fraction of sp³-hybridized carbons (Fsp3) is 0.533. The minimum atomic E-state index is -0.420. The van der Waals surface area contributed by atoms with Crippen molar-refractivity contribution in [1.29, 1.82) is 0 Å². The minimum absolute atomic E-state index is 0. The molecule has 1 heterocycles. The number of hydrogen-bond donors (Lipinski definition) is 2. The van der Waals surface area contributed by atoms with Gasteiger partial charge in [-0.3, -0.25) is 14.9 Å². The minimum Gasteiger partial charge on any atom is -0.385 e. The van der Waals surface area contributed by atoms with Crippen molar-refractivity contribution in [3.8, 4) is 0 Å². The van der Waals surface area contributed by atoms with Crippen LogP contribution >= 0.6 is 12.4 Å². The topological polar surface area (TPSA) is 87.5 Å². The second-order valence-corrected chi connectivity index (χ2v) is 5.53. The number of carbonyl (C=O) groups excluding carboxylic acids is 1. The summed E-state index contributed by atoms with van der Waals surface area (Å²) < 4.78 is 0. The van der Waals surface area contributed by atoms with E-state index in [1.54, 1.807) is 12.1 Å². The summed E-state index contributed by atoms with van der Waals surface area (Å²) >= 11 is 0. The summed E-state index contributed by atoms with van der Waals surface area (Å²) in [6, 6.07) is 6.65. The molecule has 1 aromatic carbocycles. The summed E-state index contributed by atoms with van der Waals surface area (Å²) in [5.74, 6) is 0.193. The maximum absolute atomic E-state index is 12.1. The number of carbonyl (C=O) groups is 1. The molecule has 0 aromatic heterocycles. The van der Waals surface area contributed by atoms with Gasteiger partial charge < -0.3 is 15.5 Å². The smallest absolute Gasteiger partial charge is 0.269 e. The highest BCUT2D eigenvalue weighted by Crippen LogP contribution is 2.15. The Kier molecular flexibility index (Phi) is 7.77. The van der Waals surface area contributed by atoms with Crippen LogP contribution in [0.15, 0.2) is 24.3 Å². The Morgan fingerprint density at radius 1 is 1.43 bits per heavy atom. The molecular formula is C15H23ClN4O3. The molecule has 23 heavy (non-hydrogen) atoms. The molecule has 7 nitrogen and oxygen atoms in total. The molecule has 8 heteroatoms. The van der Waals surface area contributed by atoms with Gasteiger partial charge in [0, 0.05) is 56.5 Å². The number of nitrogens with zero attached hydrogens (tertiary/aromatic N) is 2. The average Bonchev–Trinajstić information content (AvgIpc) is 2.51. The maximum Gasteiger partial charge on any atom is 0.269 e. The number of piperazine rings is 1. The summed E-state index contributed by atoms with van der Waals surface area (Å²) in [5, 5.41) is 17.0. The number of anilines is 1. The predicted octanol–water partition coefficient (Wildman–Crippen LogP) is 2.03. The molecule has 0 saturated carbocycles. The van der Waals surface area contributed by atoms with Crippen molar-refractivity contribution >= 4 is 29.7 Å². The Morgan fingerprint density at radius 2 is 2.13 bits per heavy atom. The van der Waals surface area contributed by atoms with Gasteiger partial charge in [-0.05, 0) is 25.5 Å². The maximum atomic E-state index is 12.1. The second-order valence-electron chi connectivity index (χ2n) is 5.53. The van der Waals surface area contributed by atoms with Crippen LogP contribution in [-0.2, 0) is 4.79 Å². The van der Waals surface area contributed by atoms with E-state index in [0.717, 1.165) is 31.7 Å². The molecule has 0 radical (unpaired) electrons. The van der Waals surface area contributed by atoms with Crippen molar-refractivity contribution < 1.29 is 9.72 Å². The Bertz CT molecular complexity index is 524. The SMILES string of the molecule is CC1CN(C(=O)CCCNc2ccc([N+](=O)[O-])cc2)CCN1.Cl. The van der Waals surface area contributed by atoms with Gasteiger partial charge in [-0.25, -0.2) is 0 Å². The third-order valence-corrected chi connectivity index (χ3v) is 3.70. The fourth-order valence-corrected chi connectivity index (χ4v) is 2.49. The Morgan fingerprint density at radius 3 is 2.74 bits per heavy atom.